The number of hydrogen-bond acceptors (Lipinski definition) is 3. The first kappa shape index (κ1) is 15.8. The third kappa shape index (κ3) is 5.06. The van der Waals surface area contributed by atoms with Crippen LogP contribution in [0.15, 0.2) is 0 Å². The average molecular weight is 271 g/mol. The van der Waals surface area contributed by atoms with Gasteiger partial charge >= 0.3 is 6.03 Å². The number of carbonyl (C=O) groups excluding carboxylic acids is 2. The molecule has 1 aliphatic rings. The molecule has 1 fully saturated rings. The summed E-state index contributed by atoms with van der Waals surface area (Å²) in [5.41, 5.74) is 5.06. The van der Waals surface area contributed by atoms with Gasteiger partial charge in [0.25, 0.3) is 0 Å². The van der Waals surface area contributed by atoms with Gasteiger partial charge in [-0.25, -0.2) is 4.79 Å². The summed E-state index contributed by atoms with van der Waals surface area (Å²) in [5, 5.41) is 15.1. The first-order valence-corrected chi connectivity index (χ1v) is 6.93. The molecule has 0 heterocycles. The van der Waals surface area contributed by atoms with Crippen molar-refractivity contribution in [2.24, 2.45) is 17.6 Å². The summed E-state index contributed by atoms with van der Waals surface area (Å²) in [4.78, 5) is 22.9. The summed E-state index contributed by atoms with van der Waals surface area (Å²) < 4.78 is 0. The molecule has 0 aliphatic heterocycles. The Labute approximate surface area is 114 Å². The molecule has 6 nitrogen and oxygen atoms in total. The van der Waals surface area contributed by atoms with Gasteiger partial charge in [0.2, 0.25) is 5.91 Å². The molecule has 1 rings (SSSR count). The Balaban J connectivity index is 2.45. The highest BCUT2D eigenvalue weighted by Crippen LogP contribution is 2.23. The van der Waals surface area contributed by atoms with Crippen molar-refractivity contribution < 1.29 is 14.7 Å². The Kier molecular flexibility index (Phi) is 6.08. The quantitative estimate of drug-likeness (QED) is 0.579. The number of carbonyl (C=O) groups is 2. The number of urea groups is 1. The molecule has 0 aromatic rings. The monoisotopic (exact) mass is 271 g/mol. The molecule has 0 spiro atoms. The zero-order valence-electron chi connectivity index (χ0n) is 11.7. The summed E-state index contributed by atoms with van der Waals surface area (Å²) in [6, 6.07) is -1.33. The lowest BCUT2D eigenvalue weighted by atomic mass is 9.86. The van der Waals surface area contributed by atoms with E-state index in [-0.39, 0.29) is 23.8 Å². The van der Waals surface area contributed by atoms with Gasteiger partial charge in [0, 0.05) is 12.5 Å². The lowest BCUT2D eigenvalue weighted by Gasteiger charge is -2.29. The molecular weight excluding hydrogens is 246 g/mol. The first-order valence-electron chi connectivity index (χ1n) is 6.93. The van der Waals surface area contributed by atoms with E-state index in [1.807, 2.05) is 13.8 Å². The lowest BCUT2D eigenvalue weighted by Crippen LogP contribution is -2.52. The number of aliphatic hydroxyl groups is 1. The minimum atomic E-state index is -0.702. The van der Waals surface area contributed by atoms with Crippen LogP contribution < -0.4 is 16.4 Å². The highest BCUT2D eigenvalue weighted by Gasteiger charge is 2.27. The molecule has 1 aliphatic carbocycles. The Hall–Kier alpha value is -1.30. The molecule has 0 aromatic carbocycles. The largest absolute Gasteiger partial charge is 0.393 e. The molecule has 1 saturated carbocycles. The van der Waals surface area contributed by atoms with E-state index in [1.54, 1.807) is 0 Å². The van der Waals surface area contributed by atoms with Gasteiger partial charge in [0.15, 0.2) is 0 Å². The molecule has 5 N–H and O–H groups in total. The Bertz CT molecular complexity index is 320. The van der Waals surface area contributed by atoms with Crippen molar-refractivity contribution in [1.82, 2.24) is 10.6 Å². The molecule has 19 heavy (non-hydrogen) atoms. The zero-order valence-corrected chi connectivity index (χ0v) is 11.7. The van der Waals surface area contributed by atoms with Crippen LogP contribution in [0.25, 0.3) is 0 Å². The van der Waals surface area contributed by atoms with E-state index in [1.165, 1.54) is 0 Å². The number of amides is 3. The van der Waals surface area contributed by atoms with Crippen LogP contribution in [0, 0.1) is 11.8 Å². The van der Waals surface area contributed by atoms with Gasteiger partial charge in [0.1, 0.15) is 6.04 Å². The van der Waals surface area contributed by atoms with Crippen molar-refractivity contribution in [2.45, 2.75) is 51.7 Å². The van der Waals surface area contributed by atoms with Crippen LogP contribution in [-0.2, 0) is 4.79 Å². The maximum atomic E-state index is 12.0. The molecule has 0 saturated heterocycles. The van der Waals surface area contributed by atoms with Crippen LogP contribution >= 0.6 is 0 Å². The van der Waals surface area contributed by atoms with E-state index >= 15 is 0 Å². The summed E-state index contributed by atoms with van der Waals surface area (Å²) in [5.74, 6) is -0.172. The van der Waals surface area contributed by atoms with Gasteiger partial charge in [-0.3, -0.25) is 4.79 Å². The lowest BCUT2D eigenvalue weighted by molar-refractivity contribution is -0.124. The molecule has 110 valence electrons. The SMILES string of the molecule is CC(C)C(NC(N)=O)C(=O)NCC1CCCCC1O. The van der Waals surface area contributed by atoms with Gasteiger partial charge in [0.05, 0.1) is 6.10 Å². The summed E-state index contributed by atoms with van der Waals surface area (Å²) in [7, 11) is 0. The van der Waals surface area contributed by atoms with Crippen molar-refractivity contribution in [2.75, 3.05) is 6.54 Å². The maximum Gasteiger partial charge on any atom is 0.312 e. The third-order valence-corrected chi connectivity index (χ3v) is 3.65. The molecule has 0 bridgehead atoms. The fourth-order valence-electron chi connectivity index (χ4n) is 2.46. The third-order valence-electron chi connectivity index (χ3n) is 3.65. The molecular formula is C13H25N3O3. The fourth-order valence-corrected chi connectivity index (χ4v) is 2.46. The zero-order chi connectivity index (χ0) is 14.4. The van der Waals surface area contributed by atoms with Gasteiger partial charge in [-0.2, -0.15) is 0 Å². The van der Waals surface area contributed by atoms with Crippen molar-refractivity contribution in [3.63, 3.8) is 0 Å². The predicted molar refractivity (Wildman–Crippen MR) is 72.3 cm³/mol. The van der Waals surface area contributed by atoms with Crippen molar-refractivity contribution in [1.29, 1.82) is 0 Å². The molecule has 0 aromatic heterocycles. The van der Waals surface area contributed by atoms with E-state index in [2.05, 4.69) is 10.6 Å². The van der Waals surface area contributed by atoms with Gasteiger partial charge < -0.3 is 21.5 Å². The standard InChI is InChI=1S/C13H25N3O3/c1-8(2)11(16-13(14)19)12(18)15-7-9-5-3-4-6-10(9)17/h8-11,17H,3-7H2,1-2H3,(H,15,18)(H3,14,16,19). The van der Waals surface area contributed by atoms with Crippen LogP contribution in [0.4, 0.5) is 4.79 Å². The molecule has 3 amide bonds. The van der Waals surface area contributed by atoms with E-state index in [4.69, 9.17) is 5.73 Å². The van der Waals surface area contributed by atoms with Crippen molar-refractivity contribution >= 4 is 11.9 Å². The summed E-state index contributed by atoms with van der Waals surface area (Å²) in [6.07, 6.45) is 3.52. The van der Waals surface area contributed by atoms with Gasteiger partial charge in [-0.15, -0.1) is 0 Å². The highest BCUT2D eigenvalue weighted by atomic mass is 16.3. The topological polar surface area (TPSA) is 104 Å². The second-order valence-electron chi connectivity index (χ2n) is 5.59. The number of aliphatic hydroxyl groups excluding tert-OH is 1. The van der Waals surface area contributed by atoms with Crippen LogP contribution in [0.2, 0.25) is 0 Å². The second kappa shape index (κ2) is 7.33. The van der Waals surface area contributed by atoms with E-state index in [0.29, 0.717) is 6.54 Å². The maximum absolute atomic E-state index is 12.0. The summed E-state index contributed by atoms with van der Waals surface area (Å²) >= 11 is 0. The number of primary amides is 1. The minimum absolute atomic E-state index is 0.0382. The number of hydrogen-bond donors (Lipinski definition) is 4. The highest BCUT2D eigenvalue weighted by molar-refractivity contribution is 5.86. The van der Waals surface area contributed by atoms with E-state index in [9.17, 15) is 14.7 Å². The van der Waals surface area contributed by atoms with Crippen LogP contribution in [0.1, 0.15) is 39.5 Å². The first-order chi connectivity index (χ1) is 8.91. The Morgan fingerprint density at radius 3 is 2.47 bits per heavy atom. The van der Waals surface area contributed by atoms with Crippen molar-refractivity contribution in [3.05, 3.63) is 0 Å². The van der Waals surface area contributed by atoms with Crippen LogP contribution in [-0.4, -0.2) is 35.7 Å². The predicted octanol–water partition coefficient (Wildman–Crippen LogP) is 0.347. The second-order valence-corrected chi connectivity index (χ2v) is 5.59. The number of nitrogens with two attached hydrogens (primary N) is 1. The van der Waals surface area contributed by atoms with Crippen LogP contribution in [0.5, 0.6) is 0 Å². The average Bonchev–Trinajstić information content (AvgIpc) is 2.34. The van der Waals surface area contributed by atoms with E-state index < -0.39 is 12.1 Å². The Morgan fingerprint density at radius 2 is 1.95 bits per heavy atom. The van der Waals surface area contributed by atoms with E-state index in [0.717, 1.165) is 25.7 Å². The van der Waals surface area contributed by atoms with Crippen LogP contribution in [0.3, 0.4) is 0 Å². The van der Waals surface area contributed by atoms with Gasteiger partial charge in [-0.05, 0) is 18.8 Å². The molecule has 3 atom stereocenters. The number of rotatable bonds is 5. The Morgan fingerprint density at radius 1 is 1.32 bits per heavy atom. The smallest absolute Gasteiger partial charge is 0.312 e. The fraction of sp³-hybridized carbons (Fsp3) is 0.846. The number of nitrogens with one attached hydrogen (secondary N) is 2. The summed E-state index contributed by atoms with van der Waals surface area (Å²) in [6.45, 7) is 4.13. The molecule has 6 heteroatoms. The molecule has 0 radical (unpaired) electrons. The van der Waals surface area contributed by atoms with Crippen molar-refractivity contribution in [3.8, 4) is 0 Å². The molecule has 3 unspecified atom stereocenters. The minimum Gasteiger partial charge on any atom is -0.393 e. The normalized spacial score (nSPS) is 24.8. The van der Waals surface area contributed by atoms with Gasteiger partial charge in [-0.1, -0.05) is 26.7 Å².